The third-order valence-electron chi connectivity index (χ3n) is 3.09. The Labute approximate surface area is 145 Å². The number of anilines is 1. The molecule has 0 N–H and O–H groups in total. The van der Waals surface area contributed by atoms with Crippen LogP contribution in [0.2, 0.25) is 0 Å². The van der Waals surface area contributed by atoms with Crippen molar-refractivity contribution in [1.29, 1.82) is 10.5 Å². The minimum Gasteiger partial charge on any atom is -0.378 e. The van der Waals surface area contributed by atoms with E-state index in [1.165, 1.54) is 6.08 Å². The van der Waals surface area contributed by atoms with Gasteiger partial charge in [0.15, 0.2) is 0 Å². The van der Waals surface area contributed by atoms with Crippen LogP contribution in [0.3, 0.4) is 0 Å². The number of thiazole rings is 1. The van der Waals surface area contributed by atoms with Crippen molar-refractivity contribution in [3.8, 4) is 12.1 Å². The number of aromatic nitrogens is 1. The lowest BCUT2D eigenvalue weighted by atomic mass is 10.3. The molecule has 1 heterocycles. The van der Waals surface area contributed by atoms with E-state index in [9.17, 15) is 0 Å². The molecule has 0 saturated heterocycles. The molecule has 4 nitrogen and oxygen atoms in total. The van der Waals surface area contributed by atoms with Gasteiger partial charge in [0.1, 0.15) is 22.7 Å². The molecule has 0 spiro atoms. The molecule has 2 rings (SSSR count). The highest BCUT2D eigenvalue weighted by atomic mass is 32.1. The van der Waals surface area contributed by atoms with Gasteiger partial charge in [-0.15, -0.1) is 11.3 Å². The molecular weight excluding hydrogens is 316 g/mol. The van der Waals surface area contributed by atoms with E-state index >= 15 is 0 Å². The number of nitriles is 2. The quantitative estimate of drug-likeness (QED) is 0.599. The summed E-state index contributed by atoms with van der Waals surface area (Å²) in [6.07, 6.45) is 12.5. The van der Waals surface area contributed by atoms with E-state index in [4.69, 9.17) is 10.5 Å². The Bertz CT molecular complexity index is 899. The van der Waals surface area contributed by atoms with Crippen LogP contribution in [0.4, 0.5) is 5.69 Å². The predicted molar refractivity (Wildman–Crippen MR) is 101 cm³/mol. The standard InChI is InChI=1S/C19H16N4S/c1-23(2)16-10-11-17-18(12-16)24-19(22-17)9-7-5-3-4-6-8-15(13-20)14-21/h3-12H,1-2H3/b5-3+,6-4+,9-7+. The topological polar surface area (TPSA) is 63.7 Å². The largest absolute Gasteiger partial charge is 0.378 e. The van der Waals surface area contributed by atoms with Crippen LogP contribution in [0, 0.1) is 22.7 Å². The van der Waals surface area contributed by atoms with Gasteiger partial charge in [0, 0.05) is 19.8 Å². The van der Waals surface area contributed by atoms with Crippen LogP contribution in [0.1, 0.15) is 5.01 Å². The van der Waals surface area contributed by atoms with Crippen molar-refractivity contribution in [1.82, 2.24) is 4.98 Å². The lowest BCUT2D eigenvalue weighted by molar-refractivity contribution is 1.14. The summed E-state index contributed by atoms with van der Waals surface area (Å²) in [6.45, 7) is 0. The third kappa shape index (κ3) is 4.67. The fraction of sp³-hybridized carbons (Fsp3) is 0.105. The monoisotopic (exact) mass is 332 g/mol. The lowest BCUT2D eigenvalue weighted by Gasteiger charge is -2.11. The Hall–Kier alpha value is -3.15. The molecule has 0 amide bonds. The highest BCUT2D eigenvalue weighted by Gasteiger charge is 2.03. The molecule has 0 aliphatic carbocycles. The summed E-state index contributed by atoms with van der Waals surface area (Å²) >= 11 is 1.65. The molecule has 0 saturated carbocycles. The van der Waals surface area contributed by atoms with Crippen molar-refractivity contribution in [3.05, 3.63) is 65.2 Å². The second-order valence-corrected chi connectivity index (χ2v) is 6.09. The predicted octanol–water partition coefficient (Wildman–Crippen LogP) is 4.46. The Balaban J connectivity index is 2.02. The summed E-state index contributed by atoms with van der Waals surface area (Å²) < 4.78 is 1.16. The third-order valence-corrected chi connectivity index (χ3v) is 4.08. The molecule has 24 heavy (non-hydrogen) atoms. The maximum absolute atomic E-state index is 8.59. The number of hydrogen-bond donors (Lipinski definition) is 0. The lowest BCUT2D eigenvalue weighted by Crippen LogP contribution is -2.07. The van der Waals surface area contributed by atoms with E-state index in [1.807, 2.05) is 44.5 Å². The number of nitrogens with zero attached hydrogens (tertiary/aromatic N) is 4. The van der Waals surface area contributed by atoms with Crippen LogP contribution >= 0.6 is 11.3 Å². The van der Waals surface area contributed by atoms with E-state index in [1.54, 1.807) is 35.6 Å². The zero-order valence-corrected chi connectivity index (χ0v) is 14.3. The Morgan fingerprint density at radius 3 is 2.50 bits per heavy atom. The van der Waals surface area contributed by atoms with E-state index in [0.717, 1.165) is 20.9 Å². The number of fused-ring (bicyclic) bond motifs is 1. The van der Waals surface area contributed by atoms with Gasteiger partial charge in [-0.25, -0.2) is 4.98 Å². The second kappa shape index (κ2) is 8.47. The molecule has 0 fully saturated rings. The number of rotatable bonds is 5. The maximum atomic E-state index is 8.59. The first-order valence-electron chi connectivity index (χ1n) is 7.24. The van der Waals surface area contributed by atoms with Crippen LogP contribution in [0.5, 0.6) is 0 Å². The molecule has 0 aliphatic rings. The molecule has 0 bridgehead atoms. The Morgan fingerprint density at radius 1 is 1.08 bits per heavy atom. The van der Waals surface area contributed by atoms with E-state index in [-0.39, 0.29) is 5.57 Å². The molecule has 0 radical (unpaired) electrons. The van der Waals surface area contributed by atoms with E-state index < -0.39 is 0 Å². The van der Waals surface area contributed by atoms with Crippen molar-refractivity contribution >= 4 is 33.3 Å². The zero-order valence-electron chi connectivity index (χ0n) is 13.5. The van der Waals surface area contributed by atoms with Crippen LogP contribution in [0.25, 0.3) is 16.3 Å². The first-order valence-corrected chi connectivity index (χ1v) is 8.05. The van der Waals surface area contributed by atoms with Gasteiger partial charge < -0.3 is 4.90 Å². The fourth-order valence-corrected chi connectivity index (χ4v) is 2.78. The van der Waals surface area contributed by atoms with Crippen molar-refractivity contribution in [3.63, 3.8) is 0 Å². The van der Waals surface area contributed by atoms with Gasteiger partial charge >= 0.3 is 0 Å². The molecule has 0 aliphatic heterocycles. The maximum Gasteiger partial charge on any atom is 0.129 e. The van der Waals surface area contributed by atoms with Crippen LogP contribution in [-0.2, 0) is 0 Å². The Kier molecular flexibility index (Phi) is 6.08. The number of hydrogen-bond acceptors (Lipinski definition) is 5. The summed E-state index contributed by atoms with van der Waals surface area (Å²) in [4.78, 5) is 6.64. The van der Waals surface area contributed by atoms with Gasteiger partial charge in [0.2, 0.25) is 0 Å². The Morgan fingerprint density at radius 2 is 1.79 bits per heavy atom. The van der Waals surface area contributed by atoms with Crippen LogP contribution in [0.15, 0.2) is 60.2 Å². The molecule has 2 aromatic rings. The smallest absolute Gasteiger partial charge is 0.129 e. The van der Waals surface area contributed by atoms with Gasteiger partial charge in [-0.05, 0) is 30.4 Å². The molecule has 1 aromatic carbocycles. The van der Waals surface area contributed by atoms with Gasteiger partial charge in [-0.3, -0.25) is 0 Å². The van der Waals surface area contributed by atoms with Crippen molar-refractivity contribution in [2.24, 2.45) is 0 Å². The molecule has 118 valence electrons. The van der Waals surface area contributed by atoms with E-state index in [0.29, 0.717) is 0 Å². The first-order chi connectivity index (χ1) is 11.6. The molecule has 0 unspecified atom stereocenters. The number of allylic oxidation sites excluding steroid dienone is 7. The van der Waals surface area contributed by atoms with Crippen LogP contribution < -0.4 is 4.90 Å². The van der Waals surface area contributed by atoms with Gasteiger partial charge in [-0.2, -0.15) is 10.5 Å². The summed E-state index contributed by atoms with van der Waals surface area (Å²) in [5.74, 6) is 0. The van der Waals surface area contributed by atoms with Crippen molar-refractivity contribution < 1.29 is 0 Å². The summed E-state index contributed by atoms with van der Waals surface area (Å²) in [6, 6.07) is 9.83. The van der Waals surface area contributed by atoms with Crippen molar-refractivity contribution in [2.45, 2.75) is 0 Å². The van der Waals surface area contributed by atoms with Gasteiger partial charge in [-0.1, -0.05) is 30.4 Å². The fourth-order valence-electron chi connectivity index (χ4n) is 1.86. The van der Waals surface area contributed by atoms with E-state index in [2.05, 4.69) is 22.0 Å². The second-order valence-electron chi connectivity index (χ2n) is 5.03. The normalized spacial score (nSPS) is 11.2. The SMILES string of the molecule is CN(C)c1ccc2nc(/C=C/C=C/C=C/C=C(C#N)C#N)sc2c1. The molecule has 5 heteroatoms. The average Bonchev–Trinajstić information content (AvgIpc) is 2.99. The molecule has 1 aromatic heterocycles. The highest BCUT2D eigenvalue weighted by Crippen LogP contribution is 2.26. The minimum atomic E-state index is 0.0850. The number of benzene rings is 1. The van der Waals surface area contributed by atoms with Crippen LogP contribution in [-0.4, -0.2) is 19.1 Å². The van der Waals surface area contributed by atoms with Gasteiger partial charge in [0.25, 0.3) is 0 Å². The highest BCUT2D eigenvalue weighted by molar-refractivity contribution is 7.19. The van der Waals surface area contributed by atoms with Crippen molar-refractivity contribution in [2.75, 3.05) is 19.0 Å². The van der Waals surface area contributed by atoms with Gasteiger partial charge in [0.05, 0.1) is 10.2 Å². The summed E-state index contributed by atoms with van der Waals surface area (Å²) in [7, 11) is 4.04. The average molecular weight is 332 g/mol. The summed E-state index contributed by atoms with van der Waals surface area (Å²) in [5, 5.41) is 18.1. The zero-order chi connectivity index (χ0) is 17.4. The minimum absolute atomic E-state index is 0.0850. The summed E-state index contributed by atoms with van der Waals surface area (Å²) in [5.41, 5.74) is 2.25. The molecular formula is C19H16N4S. The molecule has 0 atom stereocenters. The first kappa shape index (κ1) is 17.2.